The highest BCUT2D eigenvalue weighted by Crippen LogP contribution is 2.37. The zero-order valence-corrected chi connectivity index (χ0v) is 19.5. The van der Waals surface area contributed by atoms with Crippen LogP contribution in [0.1, 0.15) is 54.9 Å². The maximum atomic E-state index is 13.6. The summed E-state index contributed by atoms with van der Waals surface area (Å²) in [6, 6.07) is 9.11. The second-order valence-corrected chi connectivity index (χ2v) is 9.43. The number of benzene rings is 2. The summed E-state index contributed by atoms with van der Waals surface area (Å²) in [4.78, 5) is 54.8. The summed E-state index contributed by atoms with van der Waals surface area (Å²) >= 11 is 0. The van der Waals surface area contributed by atoms with E-state index < -0.39 is 23.4 Å². The lowest BCUT2D eigenvalue weighted by atomic mass is 9.97. The van der Waals surface area contributed by atoms with E-state index in [1.165, 1.54) is 24.3 Å². The van der Waals surface area contributed by atoms with Crippen LogP contribution in [0.3, 0.4) is 0 Å². The van der Waals surface area contributed by atoms with Gasteiger partial charge in [-0.3, -0.25) is 14.4 Å². The van der Waals surface area contributed by atoms with Gasteiger partial charge >= 0.3 is 6.03 Å². The highest BCUT2D eigenvalue weighted by molar-refractivity contribution is 6.12. The Hall–Kier alpha value is -3.75. The lowest BCUT2D eigenvalue weighted by Gasteiger charge is -2.34. The Morgan fingerprint density at radius 3 is 2.49 bits per heavy atom. The van der Waals surface area contributed by atoms with Gasteiger partial charge < -0.3 is 15.5 Å². The molecule has 1 aliphatic carbocycles. The molecule has 8 nitrogen and oxygen atoms in total. The first-order valence-corrected chi connectivity index (χ1v) is 12.0. The number of hydrogen-bond acceptors (Lipinski definition) is 4. The molecule has 2 aromatic carbocycles. The van der Waals surface area contributed by atoms with Crippen molar-refractivity contribution in [2.45, 2.75) is 57.0 Å². The largest absolute Gasteiger partial charge is 0.325 e. The minimum atomic E-state index is -0.953. The Morgan fingerprint density at radius 2 is 1.77 bits per heavy atom. The van der Waals surface area contributed by atoms with Gasteiger partial charge in [0.15, 0.2) is 0 Å². The first kappa shape index (κ1) is 23.0. The number of anilines is 2. The molecule has 2 heterocycles. The molecule has 5 rings (SSSR count). The molecular weight excluding hydrogens is 451 g/mol. The van der Waals surface area contributed by atoms with Crippen molar-refractivity contribution in [2.75, 3.05) is 16.8 Å². The molecule has 5 amide bonds. The van der Waals surface area contributed by atoms with E-state index >= 15 is 0 Å². The van der Waals surface area contributed by atoms with E-state index in [4.69, 9.17) is 0 Å². The molecule has 0 aromatic heterocycles. The number of nitrogens with one attached hydrogen (secondary N) is 2. The van der Waals surface area contributed by atoms with Gasteiger partial charge in [0.05, 0.1) is 0 Å². The number of rotatable bonds is 4. The number of imide groups is 1. The summed E-state index contributed by atoms with van der Waals surface area (Å²) in [6.07, 6.45) is 4.25. The van der Waals surface area contributed by atoms with Gasteiger partial charge in [-0.1, -0.05) is 18.9 Å². The number of urea groups is 1. The van der Waals surface area contributed by atoms with E-state index in [2.05, 4.69) is 10.6 Å². The normalized spacial score (nSPS) is 19.5. The molecule has 2 aliphatic heterocycles. The van der Waals surface area contributed by atoms with Gasteiger partial charge in [0.2, 0.25) is 5.91 Å². The Bertz CT molecular complexity index is 1210. The third-order valence-corrected chi connectivity index (χ3v) is 7.27. The Labute approximate surface area is 202 Å². The first-order chi connectivity index (χ1) is 16.8. The van der Waals surface area contributed by atoms with Crippen LogP contribution in [0.15, 0.2) is 42.5 Å². The van der Waals surface area contributed by atoms with Crippen molar-refractivity contribution >= 4 is 35.1 Å². The molecule has 0 bridgehead atoms. The first-order valence-electron chi connectivity index (χ1n) is 12.0. The zero-order valence-electron chi connectivity index (χ0n) is 19.5. The number of fused-ring (bicyclic) bond motifs is 1. The van der Waals surface area contributed by atoms with Gasteiger partial charge in [-0.2, -0.15) is 0 Å². The predicted octanol–water partition coefficient (Wildman–Crippen LogP) is 3.61. The minimum Gasteiger partial charge on any atom is -0.323 e. The summed E-state index contributed by atoms with van der Waals surface area (Å²) in [6.45, 7) is 2.03. The number of nitrogens with zero attached hydrogens (tertiary/aromatic N) is 2. The molecule has 3 aliphatic rings. The topological polar surface area (TPSA) is 98.8 Å². The molecule has 1 saturated carbocycles. The molecular formula is C26H27FN4O4. The molecule has 182 valence electrons. The van der Waals surface area contributed by atoms with E-state index in [1.807, 2.05) is 0 Å². The number of carbonyl (C=O) groups excluding carboxylic acids is 4. The van der Waals surface area contributed by atoms with Gasteiger partial charge in [-0.05, 0) is 74.6 Å². The molecule has 1 atom stereocenters. The zero-order chi connectivity index (χ0) is 24.7. The fourth-order valence-electron chi connectivity index (χ4n) is 5.41. The lowest BCUT2D eigenvalue weighted by molar-refractivity contribution is -0.137. The van der Waals surface area contributed by atoms with E-state index in [0.717, 1.165) is 23.3 Å². The van der Waals surface area contributed by atoms with E-state index in [9.17, 15) is 23.6 Å². The molecule has 1 unspecified atom stereocenters. The van der Waals surface area contributed by atoms with Crippen molar-refractivity contribution < 1.29 is 23.6 Å². The van der Waals surface area contributed by atoms with E-state index in [0.29, 0.717) is 49.2 Å². The van der Waals surface area contributed by atoms with Crippen LogP contribution in [0.2, 0.25) is 0 Å². The molecule has 35 heavy (non-hydrogen) atoms. The van der Waals surface area contributed by atoms with Crippen molar-refractivity contribution in [2.24, 2.45) is 0 Å². The highest BCUT2D eigenvalue weighted by atomic mass is 19.1. The maximum Gasteiger partial charge on any atom is 0.325 e. The molecule has 0 radical (unpaired) electrons. The van der Waals surface area contributed by atoms with Crippen molar-refractivity contribution in [3.63, 3.8) is 0 Å². The maximum absolute atomic E-state index is 13.6. The standard InChI is InChI=1S/C26H27FN4O4/c1-16(31-24(34)26(29-25(31)35)13-2-3-14-26)23(33)30-15-5-6-19-20(7-4-8-21(19)30)28-22(32)17-9-11-18(27)12-10-17/h4,7-12,16H,2-3,5-6,13-15H2,1H3,(H,28,32)(H,29,35). The summed E-state index contributed by atoms with van der Waals surface area (Å²) < 4.78 is 13.2. The molecule has 2 fully saturated rings. The van der Waals surface area contributed by atoms with Crippen LogP contribution in [0.5, 0.6) is 0 Å². The SMILES string of the molecule is CC(C(=O)N1CCCc2c(NC(=O)c3ccc(F)cc3)cccc21)N1C(=O)NC2(CCCC2)C1=O. The van der Waals surface area contributed by atoms with Gasteiger partial charge in [0.25, 0.3) is 11.8 Å². The molecule has 2 aromatic rings. The van der Waals surface area contributed by atoms with Gasteiger partial charge in [-0.15, -0.1) is 0 Å². The summed E-state index contributed by atoms with van der Waals surface area (Å²) in [5.41, 5.74) is 1.47. The van der Waals surface area contributed by atoms with Crippen LogP contribution in [-0.4, -0.2) is 46.8 Å². The van der Waals surface area contributed by atoms with Crippen LogP contribution in [0.25, 0.3) is 0 Å². The number of amides is 5. The average Bonchev–Trinajstić information content (AvgIpc) is 3.42. The van der Waals surface area contributed by atoms with E-state index in [-0.39, 0.29) is 17.7 Å². The average molecular weight is 479 g/mol. The van der Waals surface area contributed by atoms with Gasteiger partial charge in [0.1, 0.15) is 17.4 Å². The summed E-state index contributed by atoms with van der Waals surface area (Å²) in [5, 5.41) is 5.70. The quantitative estimate of drug-likeness (QED) is 0.656. The summed E-state index contributed by atoms with van der Waals surface area (Å²) in [7, 11) is 0. The van der Waals surface area contributed by atoms with Gasteiger partial charge in [0, 0.05) is 23.5 Å². The van der Waals surface area contributed by atoms with E-state index in [1.54, 1.807) is 30.0 Å². The monoisotopic (exact) mass is 478 g/mol. The molecule has 9 heteroatoms. The van der Waals surface area contributed by atoms with Crippen molar-refractivity contribution in [1.29, 1.82) is 0 Å². The van der Waals surface area contributed by atoms with Gasteiger partial charge in [-0.25, -0.2) is 14.1 Å². The highest BCUT2D eigenvalue weighted by Gasteiger charge is 2.55. The third kappa shape index (κ3) is 3.94. The van der Waals surface area contributed by atoms with Crippen molar-refractivity contribution in [1.82, 2.24) is 10.2 Å². The predicted molar refractivity (Wildman–Crippen MR) is 128 cm³/mol. The lowest BCUT2D eigenvalue weighted by Crippen LogP contribution is -2.52. The molecule has 1 spiro atoms. The second kappa shape index (κ2) is 8.79. The second-order valence-electron chi connectivity index (χ2n) is 9.43. The van der Waals surface area contributed by atoms with Crippen molar-refractivity contribution in [3.05, 3.63) is 59.4 Å². The Kier molecular flexibility index (Phi) is 5.78. The molecule has 1 saturated heterocycles. The number of hydrogen-bond donors (Lipinski definition) is 2. The third-order valence-electron chi connectivity index (χ3n) is 7.27. The molecule has 2 N–H and O–H groups in total. The van der Waals surface area contributed by atoms with Crippen LogP contribution >= 0.6 is 0 Å². The van der Waals surface area contributed by atoms with Crippen LogP contribution in [-0.2, 0) is 16.0 Å². The fraction of sp³-hybridized carbons (Fsp3) is 0.385. The smallest absolute Gasteiger partial charge is 0.323 e. The van der Waals surface area contributed by atoms with Crippen LogP contribution in [0.4, 0.5) is 20.6 Å². The number of halogens is 1. The van der Waals surface area contributed by atoms with Crippen LogP contribution < -0.4 is 15.5 Å². The number of carbonyl (C=O) groups is 4. The van der Waals surface area contributed by atoms with Crippen LogP contribution in [0, 0.1) is 5.82 Å². The minimum absolute atomic E-state index is 0.320. The Balaban J connectivity index is 1.38. The summed E-state index contributed by atoms with van der Waals surface area (Å²) in [5.74, 6) is -1.47. The van der Waals surface area contributed by atoms with Crippen molar-refractivity contribution in [3.8, 4) is 0 Å². The fourth-order valence-corrected chi connectivity index (χ4v) is 5.41. The Morgan fingerprint density at radius 1 is 1.06 bits per heavy atom.